The molecule has 0 unspecified atom stereocenters. The molecular weight excluding hydrogens is 318 g/mol. The van der Waals surface area contributed by atoms with Gasteiger partial charge in [0.25, 0.3) is 0 Å². The molecule has 0 aliphatic rings. The van der Waals surface area contributed by atoms with E-state index in [2.05, 4.69) is 20.0 Å². The number of nitrogens with one attached hydrogen (secondary N) is 1. The molecule has 0 fully saturated rings. The Morgan fingerprint density at radius 2 is 1.87 bits per heavy atom. The number of halogens is 1. The van der Waals surface area contributed by atoms with Gasteiger partial charge in [0.15, 0.2) is 11.0 Å². The predicted octanol–water partition coefficient (Wildman–Crippen LogP) is 3.52. The smallest absolute Gasteiger partial charge is 0.337 e. The molecule has 2 N–H and O–H groups in total. The molecule has 2 aromatic carbocycles. The van der Waals surface area contributed by atoms with Crippen LogP contribution in [0, 0.1) is 0 Å². The maximum atomic E-state index is 11.4. The van der Waals surface area contributed by atoms with E-state index in [0.717, 1.165) is 0 Å². The molecule has 1 heterocycles. The Morgan fingerprint density at radius 1 is 1.17 bits per heavy atom. The fourth-order valence-corrected chi connectivity index (χ4v) is 2.25. The number of methoxy groups -OCH3 is 1. The van der Waals surface area contributed by atoms with Crippen LogP contribution in [0.15, 0.2) is 42.5 Å². The summed E-state index contributed by atoms with van der Waals surface area (Å²) in [7, 11) is 1.27. The largest absolute Gasteiger partial charge is 0.506 e. The van der Waals surface area contributed by atoms with Gasteiger partial charge in [0.1, 0.15) is 5.75 Å². The predicted molar refractivity (Wildman–Crippen MR) is 87.3 cm³/mol. The van der Waals surface area contributed by atoms with E-state index in [-0.39, 0.29) is 16.5 Å². The highest BCUT2D eigenvalue weighted by Crippen LogP contribution is 2.30. The highest BCUT2D eigenvalue weighted by atomic mass is 35.5. The number of esters is 1. The van der Waals surface area contributed by atoms with E-state index in [9.17, 15) is 9.90 Å². The molecule has 0 radical (unpaired) electrons. The van der Waals surface area contributed by atoms with E-state index < -0.39 is 5.97 Å². The van der Waals surface area contributed by atoms with Crippen LogP contribution in [-0.2, 0) is 4.74 Å². The minimum absolute atomic E-state index is 0.126. The molecule has 23 heavy (non-hydrogen) atoms. The van der Waals surface area contributed by atoms with Crippen LogP contribution in [-0.4, -0.2) is 28.2 Å². The Bertz CT molecular complexity index is 899. The van der Waals surface area contributed by atoms with Crippen molar-refractivity contribution in [3.8, 4) is 5.75 Å². The number of phenolic OH excluding ortho intramolecular Hbond substituents is 1. The molecule has 0 aliphatic carbocycles. The van der Waals surface area contributed by atoms with Gasteiger partial charge < -0.3 is 15.2 Å². The van der Waals surface area contributed by atoms with E-state index in [4.69, 9.17) is 11.6 Å². The summed E-state index contributed by atoms with van der Waals surface area (Å²) in [6.45, 7) is 0. The first kappa shape index (κ1) is 15.1. The summed E-state index contributed by atoms with van der Waals surface area (Å²) < 4.78 is 4.60. The monoisotopic (exact) mass is 329 g/mol. The molecule has 3 rings (SSSR count). The zero-order valence-electron chi connectivity index (χ0n) is 12.1. The fourth-order valence-electron chi connectivity index (χ4n) is 2.07. The average Bonchev–Trinajstić information content (AvgIpc) is 2.56. The van der Waals surface area contributed by atoms with Crippen LogP contribution >= 0.6 is 11.6 Å². The highest BCUT2D eigenvalue weighted by molar-refractivity contribution is 6.32. The van der Waals surface area contributed by atoms with Crippen LogP contribution in [0.25, 0.3) is 11.0 Å². The third-order valence-electron chi connectivity index (χ3n) is 3.20. The number of hydrogen-bond donors (Lipinski definition) is 2. The molecule has 6 nitrogen and oxygen atoms in total. The molecule has 0 amide bonds. The topological polar surface area (TPSA) is 84.3 Å². The Labute approximate surface area is 136 Å². The van der Waals surface area contributed by atoms with Crippen molar-refractivity contribution in [2.45, 2.75) is 0 Å². The summed E-state index contributed by atoms with van der Waals surface area (Å²) in [5, 5.41) is 13.1. The second-order valence-corrected chi connectivity index (χ2v) is 5.06. The van der Waals surface area contributed by atoms with E-state index in [1.54, 1.807) is 6.07 Å². The summed E-state index contributed by atoms with van der Waals surface area (Å²) in [6, 6.07) is 11.7. The number of carbonyl (C=O) groups excluding carboxylic acids is 1. The normalized spacial score (nSPS) is 10.5. The number of aromatic hydroxyl groups is 1. The fraction of sp³-hybridized carbons (Fsp3) is 0.0625. The Hall–Kier alpha value is -2.86. The number of carbonyl (C=O) groups is 1. The Morgan fingerprint density at radius 3 is 2.52 bits per heavy atom. The van der Waals surface area contributed by atoms with Crippen molar-refractivity contribution in [3.63, 3.8) is 0 Å². The van der Waals surface area contributed by atoms with Gasteiger partial charge in [-0.3, -0.25) is 0 Å². The van der Waals surface area contributed by atoms with Gasteiger partial charge in [0.05, 0.1) is 29.4 Å². The number of phenols is 1. The SMILES string of the molecule is COC(=O)c1ccc(Nc2nc3ccccc3nc2Cl)c(O)c1. The lowest BCUT2D eigenvalue weighted by Crippen LogP contribution is -2.02. The van der Waals surface area contributed by atoms with Gasteiger partial charge in [-0.25, -0.2) is 14.8 Å². The van der Waals surface area contributed by atoms with Gasteiger partial charge in [0.2, 0.25) is 0 Å². The van der Waals surface area contributed by atoms with Crippen LogP contribution in [0.5, 0.6) is 5.75 Å². The second-order valence-electron chi connectivity index (χ2n) is 4.70. The molecule has 0 bridgehead atoms. The summed E-state index contributed by atoms with van der Waals surface area (Å²) in [4.78, 5) is 20.1. The van der Waals surface area contributed by atoms with E-state index in [0.29, 0.717) is 22.5 Å². The number of para-hydroxylation sites is 2. The minimum Gasteiger partial charge on any atom is -0.506 e. The van der Waals surface area contributed by atoms with Crippen molar-refractivity contribution in [1.82, 2.24) is 9.97 Å². The van der Waals surface area contributed by atoms with E-state index in [1.165, 1.54) is 25.3 Å². The molecule has 0 saturated carbocycles. The maximum absolute atomic E-state index is 11.4. The Kier molecular flexibility index (Phi) is 3.99. The summed E-state index contributed by atoms with van der Waals surface area (Å²) >= 11 is 6.12. The molecular formula is C16H12ClN3O3. The number of rotatable bonds is 3. The molecule has 116 valence electrons. The molecule has 0 aliphatic heterocycles. The van der Waals surface area contributed by atoms with E-state index >= 15 is 0 Å². The van der Waals surface area contributed by atoms with Crippen LogP contribution in [0.4, 0.5) is 11.5 Å². The minimum atomic E-state index is -0.532. The summed E-state index contributed by atoms with van der Waals surface area (Å²) in [5.41, 5.74) is 1.94. The number of anilines is 2. The van der Waals surface area contributed by atoms with Gasteiger partial charge in [-0.05, 0) is 30.3 Å². The van der Waals surface area contributed by atoms with Crippen molar-refractivity contribution in [1.29, 1.82) is 0 Å². The second kappa shape index (κ2) is 6.10. The first-order valence-electron chi connectivity index (χ1n) is 6.69. The number of benzene rings is 2. The van der Waals surface area contributed by atoms with Crippen molar-refractivity contribution in [2.24, 2.45) is 0 Å². The first-order valence-corrected chi connectivity index (χ1v) is 7.07. The Balaban J connectivity index is 1.95. The molecule has 0 spiro atoms. The molecule has 0 atom stereocenters. The summed E-state index contributed by atoms with van der Waals surface area (Å²) in [6.07, 6.45) is 0. The highest BCUT2D eigenvalue weighted by Gasteiger charge is 2.12. The van der Waals surface area contributed by atoms with Crippen molar-refractivity contribution < 1.29 is 14.6 Å². The standard InChI is InChI=1S/C16H12ClN3O3/c1-23-16(22)9-6-7-12(13(21)8-9)20-15-14(17)18-10-4-2-3-5-11(10)19-15/h2-8,21H,1H3,(H,19,20). The number of fused-ring (bicyclic) bond motifs is 1. The zero-order valence-corrected chi connectivity index (χ0v) is 12.8. The number of ether oxygens (including phenoxy) is 1. The average molecular weight is 330 g/mol. The molecule has 1 aromatic heterocycles. The van der Waals surface area contributed by atoms with Gasteiger partial charge in [-0.15, -0.1) is 0 Å². The molecule has 7 heteroatoms. The van der Waals surface area contributed by atoms with Gasteiger partial charge in [-0.1, -0.05) is 23.7 Å². The van der Waals surface area contributed by atoms with Gasteiger partial charge in [-0.2, -0.15) is 0 Å². The number of hydrogen-bond acceptors (Lipinski definition) is 6. The maximum Gasteiger partial charge on any atom is 0.337 e. The van der Waals surface area contributed by atoms with E-state index in [1.807, 2.05) is 18.2 Å². The lowest BCUT2D eigenvalue weighted by atomic mass is 10.2. The molecule has 3 aromatic rings. The van der Waals surface area contributed by atoms with Gasteiger partial charge in [0, 0.05) is 0 Å². The zero-order chi connectivity index (χ0) is 16.4. The lowest BCUT2D eigenvalue weighted by Gasteiger charge is -2.10. The quantitative estimate of drug-likeness (QED) is 0.565. The van der Waals surface area contributed by atoms with Crippen LogP contribution in [0.2, 0.25) is 5.15 Å². The van der Waals surface area contributed by atoms with Crippen LogP contribution in [0.3, 0.4) is 0 Å². The number of nitrogens with zero attached hydrogens (tertiary/aromatic N) is 2. The van der Waals surface area contributed by atoms with Crippen LogP contribution < -0.4 is 5.32 Å². The van der Waals surface area contributed by atoms with Crippen molar-refractivity contribution in [3.05, 3.63) is 53.2 Å². The number of aromatic nitrogens is 2. The van der Waals surface area contributed by atoms with Crippen LogP contribution in [0.1, 0.15) is 10.4 Å². The summed E-state index contributed by atoms with van der Waals surface area (Å²) in [5.74, 6) is -0.346. The lowest BCUT2D eigenvalue weighted by molar-refractivity contribution is 0.0600. The third kappa shape index (κ3) is 3.02. The third-order valence-corrected chi connectivity index (χ3v) is 3.46. The molecule has 0 saturated heterocycles. The van der Waals surface area contributed by atoms with Crippen molar-refractivity contribution >= 4 is 40.1 Å². The van der Waals surface area contributed by atoms with Gasteiger partial charge >= 0.3 is 5.97 Å². The first-order chi connectivity index (χ1) is 11.1. The van der Waals surface area contributed by atoms with Crippen molar-refractivity contribution in [2.75, 3.05) is 12.4 Å².